The van der Waals surface area contributed by atoms with Crippen molar-refractivity contribution in [3.8, 4) is 0 Å². The number of fused-ring (bicyclic) bond motifs is 1. The zero-order valence-corrected chi connectivity index (χ0v) is 14.0. The number of hydrogen-bond donors (Lipinski definition) is 1. The Labute approximate surface area is 135 Å². The number of nitrogens with one attached hydrogen (secondary N) is 1. The molecular weight excluding hydrogens is 312 g/mol. The van der Waals surface area contributed by atoms with Gasteiger partial charge in [0.25, 0.3) is 0 Å². The molecule has 0 aliphatic carbocycles. The minimum absolute atomic E-state index is 0.115. The van der Waals surface area contributed by atoms with Gasteiger partial charge in [-0.15, -0.1) is 0 Å². The van der Waals surface area contributed by atoms with Gasteiger partial charge in [0.1, 0.15) is 10.6 Å². The molecule has 5 nitrogen and oxygen atoms in total. The molecule has 0 aliphatic heterocycles. The van der Waals surface area contributed by atoms with Crippen LogP contribution >= 0.6 is 0 Å². The smallest absolute Gasteiger partial charge is 0.246 e. The van der Waals surface area contributed by atoms with Gasteiger partial charge in [0.15, 0.2) is 5.76 Å². The second kappa shape index (κ2) is 5.79. The maximum absolute atomic E-state index is 12.6. The van der Waals surface area contributed by atoms with Gasteiger partial charge < -0.3 is 4.52 Å². The summed E-state index contributed by atoms with van der Waals surface area (Å²) in [5, 5.41) is 5.83. The van der Waals surface area contributed by atoms with Crippen LogP contribution in [0, 0.1) is 13.8 Å². The minimum Gasteiger partial charge on any atom is -0.360 e. The Kier molecular flexibility index (Phi) is 3.95. The maximum atomic E-state index is 12.6. The molecule has 120 valence electrons. The van der Waals surface area contributed by atoms with Crippen molar-refractivity contribution >= 4 is 20.8 Å². The number of benzene rings is 2. The van der Waals surface area contributed by atoms with Crippen LogP contribution in [-0.2, 0) is 10.0 Å². The minimum atomic E-state index is -3.70. The average Bonchev–Trinajstić information content (AvgIpc) is 2.86. The highest BCUT2D eigenvalue weighted by Crippen LogP contribution is 2.26. The molecule has 1 aromatic heterocycles. The summed E-state index contributed by atoms with van der Waals surface area (Å²) >= 11 is 0. The molecule has 23 heavy (non-hydrogen) atoms. The molecule has 0 unspecified atom stereocenters. The first kappa shape index (κ1) is 15.7. The van der Waals surface area contributed by atoms with Crippen LogP contribution in [0.25, 0.3) is 10.8 Å². The maximum Gasteiger partial charge on any atom is 0.246 e. The highest BCUT2D eigenvalue weighted by molar-refractivity contribution is 7.89. The van der Waals surface area contributed by atoms with Gasteiger partial charge in [0.2, 0.25) is 10.0 Å². The Morgan fingerprint density at radius 3 is 2.48 bits per heavy atom. The van der Waals surface area contributed by atoms with Crippen LogP contribution in [0.4, 0.5) is 0 Å². The molecule has 0 saturated heterocycles. The van der Waals surface area contributed by atoms with Crippen LogP contribution in [0.2, 0.25) is 0 Å². The average molecular weight is 330 g/mol. The predicted octanol–water partition coefficient (Wildman–Crippen LogP) is 3.48. The van der Waals surface area contributed by atoms with Gasteiger partial charge in [-0.1, -0.05) is 47.6 Å². The molecular formula is C17H18N2O3S. The fourth-order valence-corrected chi connectivity index (χ4v) is 4.39. The van der Waals surface area contributed by atoms with Crippen molar-refractivity contribution in [2.45, 2.75) is 31.7 Å². The topological polar surface area (TPSA) is 72.2 Å². The van der Waals surface area contributed by atoms with Crippen molar-refractivity contribution in [1.29, 1.82) is 0 Å². The first-order valence-electron chi connectivity index (χ1n) is 7.33. The Bertz CT molecular complexity index is 936. The quantitative estimate of drug-likeness (QED) is 0.795. The third-order valence-corrected chi connectivity index (χ3v) is 5.64. The molecule has 3 rings (SSSR count). The zero-order chi connectivity index (χ0) is 16.6. The number of rotatable bonds is 4. The van der Waals surface area contributed by atoms with Crippen LogP contribution in [0.15, 0.2) is 51.9 Å². The van der Waals surface area contributed by atoms with Crippen LogP contribution < -0.4 is 4.72 Å². The van der Waals surface area contributed by atoms with E-state index in [-0.39, 0.29) is 10.9 Å². The standard InChI is InChI=1S/C17H18N2O3S/c1-11(15-10-6-8-14-7-4-5-9-16(14)15)19-23(20,21)17-12(2)18-22-13(17)3/h4-11,19H,1-3H3/t11-/m1/s1. The molecule has 0 bridgehead atoms. The summed E-state index contributed by atoms with van der Waals surface area (Å²) in [4.78, 5) is 0.115. The van der Waals surface area contributed by atoms with Crippen LogP contribution in [-0.4, -0.2) is 13.6 Å². The fraction of sp³-hybridized carbons (Fsp3) is 0.235. The van der Waals surface area contributed by atoms with E-state index in [0.717, 1.165) is 16.3 Å². The van der Waals surface area contributed by atoms with Gasteiger partial charge >= 0.3 is 0 Å². The fourth-order valence-electron chi connectivity index (χ4n) is 2.84. The Morgan fingerprint density at radius 1 is 1.09 bits per heavy atom. The van der Waals surface area contributed by atoms with Crippen LogP contribution in [0.5, 0.6) is 0 Å². The van der Waals surface area contributed by atoms with E-state index in [1.54, 1.807) is 13.8 Å². The normalized spacial score (nSPS) is 13.3. The summed E-state index contributed by atoms with van der Waals surface area (Å²) < 4.78 is 33.0. The number of aromatic nitrogens is 1. The molecule has 0 spiro atoms. The van der Waals surface area contributed by atoms with Gasteiger partial charge in [-0.05, 0) is 37.1 Å². The molecule has 0 amide bonds. The molecule has 1 N–H and O–H groups in total. The molecule has 1 atom stereocenters. The monoisotopic (exact) mass is 330 g/mol. The Hall–Kier alpha value is -2.18. The second-order valence-electron chi connectivity index (χ2n) is 5.56. The highest BCUT2D eigenvalue weighted by Gasteiger charge is 2.26. The summed E-state index contributed by atoms with van der Waals surface area (Å²) in [6, 6.07) is 13.4. The Balaban J connectivity index is 1.99. The van der Waals surface area contributed by atoms with Crippen molar-refractivity contribution in [1.82, 2.24) is 9.88 Å². The molecule has 3 aromatic rings. The van der Waals surface area contributed by atoms with E-state index in [1.165, 1.54) is 0 Å². The lowest BCUT2D eigenvalue weighted by Crippen LogP contribution is -2.27. The molecule has 6 heteroatoms. The number of nitrogens with zero attached hydrogens (tertiary/aromatic N) is 1. The van der Waals surface area contributed by atoms with Gasteiger partial charge in [0.05, 0.1) is 0 Å². The Morgan fingerprint density at radius 2 is 1.78 bits per heavy atom. The largest absolute Gasteiger partial charge is 0.360 e. The molecule has 0 fully saturated rings. The second-order valence-corrected chi connectivity index (χ2v) is 7.22. The van der Waals surface area contributed by atoms with Gasteiger partial charge in [0, 0.05) is 6.04 Å². The molecule has 0 radical (unpaired) electrons. The number of sulfonamides is 1. The number of aryl methyl sites for hydroxylation is 2. The summed E-state index contributed by atoms with van der Waals surface area (Å²) in [7, 11) is -3.70. The van der Waals surface area contributed by atoms with Crippen LogP contribution in [0.3, 0.4) is 0 Å². The van der Waals surface area contributed by atoms with Gasteiger partial charge in [-0.3, -0.25) is 0 Å². The van der Waals surface area contributed by atoms with Crippen molar-refractivity contribution in [2.24, 2.45) is 0 Å². The molecule has 0 aliphatic rings. The zero-order valence-electron chi connectivity index (χ0n) is 13.2. The molecule has 1 heterocycles. The van der Waals surface area contributed by atoms with Gasteiger partial charge in [-0.2, -0.15) is 0 Å². The van der Waals surface area contributed by atoms with Crippen molar-refractivity contribution in [3.05, 3.63) is 59.5 Å². The van der Waals surface area contributed by atoms with Crippen molar-refractivity contribution in [2.75, 3.05) is 0 Å². The van der Waals surface area contributed by atoms with E-state index in [9.17, 15) is 8.42 Å². The lowest BCUT2D eigenvalue weighted by Gasteiger charge is -2.16. The SMILES string of the molecule is Cc1noc(C)c1S(=O)(=O)N[C@H](C)c1cccc2ccccc12. The van der Waals surface area contributed by atoms with Crippen LogP contribution in [0.1, 0.15) is 30.0 Å². The molecule has 0 saturated carbocycles. The third kappa shape index (κ3) is 2.87. The summed E-state index contributed by atoms with van der Waals surface area (Å²) in [6.07, 6.45) is 0. The first-order valence-corrected chi connectivity index (χ1v) is 8.81. The van der Waals surface area contributed by atoms with Crippen molar-refractivity contribution in [3.63, 3.8) is 0 Å². The summed E-state index contributed by atoms with van der Waals surface area (Å²) in [6.45, 7) is 5.04. The van der Waals surface area contributed by atoms with Crippen molar-refractivity contribution < 1.29 is 12.9 Å². The number of hydrogen-bond acceptors (Lipinski definition) is 4. The van der Waals surface area contributed by atoms with E-state index < -0.39 is 10.0 Å². The van der Waals surface area contributed by atoms with Gasteiger partial charge in [-0.25, -0.2) is 13.1 Å². The molecule has 2 aromatic carbocycles. The lowest BCUT2D eigenvalue weighted by molar-refractivity contribution is 0.390. The summed E-state index contributed by atoms with van der Waals surface area (Å²) in [5.41, 5.74) is 1.29. The first-order chi connectivity index (χ1) is 10.9. The van der Waals surface area contributed by atoms with E-state index in [2.05, 4.69) is 9.88 Å². The highest BCUT2D eigenvalue weighted by atomic mass is 32.2. The van der Waals surface area contributed by atoms with E-state index >= 15 is 0 Å². The third-order valence-electron chi connectivity index (χ3n) is 3.86. The predicted molar refractivity (Wildman–Crippen MR) is 88.7 cm³/mol. The summed E-state index contributed by atoms with van der Waals surface area (Å²) in [5.74, 6) is 0.292. The van der Waals surface area contributed by atoms with E-state index in [1.807, 2.05) is 49.4 Å². The lowest BCUT2D eigenvalue weighted by atomic mass is 10.0. The van der Waals surface area contributed by atoms with E-state index in [4.69, 9.17) is 4.52 Å². The van der Waals surface area contributed by atoms with E-state index in [0.29, 0.717) is 11.5 Å².